The van der Waals surface area contributed by atoms with Crippen LogP contribution in [0.25, 0.3) is 0 Å². The standard InChI is InChI=1S/C19H19IN2O3/c1-12-7-8-17(25-2)16(9-12)22-11-13(10-18(22)23)19(24)21-15-6-4-3-5-14(15)20/h3-9,13H,10-11H2,1-2H3,(H,21,24). The van der Waals surface area contributed by atoms with E-state index in [4.69, 9.17) is 4.74 Å². The van der Waals surface area contributed by atoms with Crippen molar-refractivity contribution in [1.29, 1.82) is 0 Å². The van der Waals surface area contributed by atoms with Crippen LogP contribution in [0.2, 0.25) is 0 Å². The molecule has 0 radical (unpaired) electrons. The molecule has 0 spiro atoms. The zero-order valence-corrected chi connectivity index (χ0v) is 16.2. The molecule has 5 nitrogen and oxygen atoms in total. The summed E-state index contributed by atoms with van der Waals surface area (Å²) in [4.78, 5) is 26.7. The van der Waals surface area contributed by atoms with E-state index >= 15 is 0 Å². The first-order chi connectivity index (χ1) is 12.0. The van der Waals surface area contributed by atoms with Crippen LogP contribution in [-0.4, -0.2) is 25.5 Å². The minimum atomic E-state index is -0.381. The maximum absolute atomic E-state index is 12.6. The number of carbonyl (C=O) groups is 2. The van der Waals surface area contributed by atoms with Gasteiger partial charge in [0.1, 0.15) is 5.75 Å². The summed E-state index contributed by atoms with van der Waals surface area (Å²) in [6, 6.07) is 13.3. The Morgan fingerprint density at radius 2 is 2.04 bits per heavy atom. The first kappa shape index (κ1) is 17.7. The number of nitrogens with one attached hydrogen (secondary N) is 1. The highest BCUT2D eigenvalue weighted by Gasteiger charge is 2.36. The van der Waals surface area contributed by atoms with E-state index in [2.05, 4.69) is 27.9 Å². The predicted molar refractivity (Wildman–Crippen MR) is 106 cm³/mol. The second kappa shape index (κ2) is 7.43. The van der Waals surface area contributed by atoms with Gasteiger partial charge in [-0.25, -0.2) is 0 Å². The highest BCUT2D eigenvalue weighted by atomic mass is 127. The van der Waals surface area contributed by atoms with Crippen molar-refractivity contribution >= 4 is 45.8 Å². The van der Waals surface area contributed by atoms with Gasteiger partial charge in [0.15, 0.2) is 0 Å². The molecule has 1 aliphatic heterocycles. The second-order valence-electron chi connectivity index (χ2n) is 6.05. The van der Waals surface area contributed by atoms with Gasteiger partial charge in [0.2, 0.25) is 11.8 Å². The Hall–Kier alpha value is -2.09. The summed E-state index contributed by atoms with van der Waals surface area (Å²) in [5.74, 6) is 0.0599. The summed E-state index contributed by atoms with van der Waals surface area (Å²) < 4.78 is 6.34. The van der Waals surface area contributed by atoms with E-state index in [-0.39, 0.29) is 24.2 Å². The number of rotatable bonds is 4. The highest BCUT2D eigenvalue weighted by Crippen LogP contribution is 2.34. The molecule has 130 valence electrons. The first-order valence-corrected chi connectivity index (χ1v) is 9.08. The molecule has 6 heteroatoms. The molecule has 1 unspecified atom stereocenters. The van der Waals surface area contributed by atoms with Gasteiger partial charge in [0.25, 0.3) is 0 Å². The summed E-state index contributed by atoms with van der Waals surface area (Å²) in [6.45, 7) is 2.32. The quantitative estimate of drug-likeness (QED) is 0.725. The molecule has 0 bridgehead atoms. The monoisotopic (exact) mass is 450 g/mol. The normalized spacial score (nSPS) is 16.8. The lowest BCUT2D eigenvalue weighted by molar-refractivity contribution is -0.122. The maximum Gasteiger partial charge on any atom is 0.229 e. The smallest absolute Gasteiger partial charge is 0.229 e. The van der Waals surface area contributed by atoms with Crippen molar-refractivity contribution in [3.63, 3.8) is 0 Å². The van der Waals surface area contributed by atoms with Gasteiger partial charge in [0.05, 0.1) is 24.4 Å². The highest BCUT2D eigenvalue weighted by molar-refractivity contribution is 14.1. The lowest BCUT2D eigenvalue weighted by Crippen LogP contribution is -2.28. The summed E-state index contributed by atoms with van der Waals surface area (Å²) in [5, 5.41) is 2.93. The van der Waals surface area contributed by atoms with Gasteiger partial charge < -0.3 is 15.0 Å². The molecule has 1 aliphatic rings. The Kier molecular flexibility index (Phi) is 5.27. The molecule has 2 aromatic rings. The Morgan fingerprint density at radius 3 is 2.76 bits per heavy atom. The maximum atomic E-state index is 12.6. The van der Waals surface area contributed by atoms with Crippen molar-refractivity contribution in [3.8, 4) is 5.75 Å². The van der Waals surface area contributed by atoms with Crippen molar-refractivity contribution in [3.05, 3.63) is 51.6 Å². The molecular weight excluding hydrogens is 431 g/mol. The van der Waals surface area contributed by atoms with Crippen molar-refractivity contribution in [1.82, 2.24) is 0 Å². The first-order valence-electron chi connectivity index (χ1n) is 8.00. The van der Waals surface area contributed by atoms with E-state index in [0.29, 0.717) is 12.3 Å². The molecule has 2 amide bonds. The number of carbonyl (C=O) groups excluding carboxylic acids is 2. The van der Waals surface area contributed by atoms with Gasteiger partial charge in [-0.15, -0.1) is 0 Å². The average molecular weight is 450 g/mol. The molecule has 0 aliphatic carbocycles. The van der Waals surface area contributed by atoms with Crippen molar-refractivity contribution in [2.45, 2.75) is 13.3 Å². The zero-order chi connectivity index (χ0) is 18.0. The summed E-state index contributed by atoms with van der Waals surface area (Å²) in [7, 11) is 1.58. The molecule has 1 fully saturated rings. The van der Waals surface area contributed by atoms with E-state index in [9.17, 15) is 9.59 Å². The van der Waals surface area contributed by atoms with Crippen LogP contribution >= 0.6 is 22.6 Å². The molecule has 1 atom stereocenters. The molecule has 0 saturated carbocycles. The fraction of sp³-hybridized carbons (Fsp3) is 0.263. The number of anilines is 2. The molecular formula is C19H19IN2O3. The average Bonchev–Trinajstić information content (AvgIpc) is 2.98. The zero-order valence-electron chi connectivity index (χ0n) is 14.1. The molecule has 1 saturated heterocycles. The Morgan fingerprint density at radius 1 is 1.28 bits per heavy atom. The SMILES string of the molecule is COc1ccc(C)cc1N1CC(C(=O)Nc2ccccc2I)CC1=O. The number of methoxy groups -OCH3 is 1. The Labute approximate surface area is 160 Å². The third-order valence-electron chi connectivity index (χ3n) is 4.25. The number of para-hydroxylation sites is 1. The number of benzene rings is 2. The summed E-state index contributed by atoms with van der Waals surface area (Å²) >= 11 is 2.18. The molecule has 1 heterocycles. The third-order valence-corrected chi connectivity index (χ3v) is 5.19. The summed E-state index contributed by atoms with van der Waals surface area (Å²) in [6.07, 6.45) is 0.201. The summed E-state index contributed by atoms with van der Waals surface area (Å²) in [5.41, 5.74) is 2.53. The number of ether oxygens (including phenoxy) is 1. The Bertz CT molecular complexity index is 822. The van der Waals surface area contributed by atoms with Crippen LogP contribution < -0.4 is 15.0 Å². The van der Waals surface area contributed by atoms with Crippen LogP contribution in [-0.2, 0) is 9.59 Å². The molecule has 0 aromatic heterocycles. The van der Waals surface area contributed by atoms with Gasteiger partial charge in [0, 0.05) is 16.5 Å². The number of nitrogens with zero attached hydrogens (tertiary/aromatic N) is 1. The Balaban J connectivity index is 1.78. The van der Waals surface area contributed by atoms with E-state index in [1.807, 2.05) is 49.4 Å². The molecule has 1 N–H and O–H groups in total. The van der Waals surface area contributed by atoms with Crippen LogP contribution in [0.5, 0.6) is 5.75 Å². The molecule has 25 heavy (non-hydrogen) atoms. The van der Waals surface area contributed by atoms with Crippen LogP contribution in [0.15, 0.2) is 42.5 Å². The largest absolute Gasteiger partial charge is 0.495 e. The van der Waals surface area contributed by atoms with Crippen LogP contribution in [0.1, 0.15) is 12.0 Å². The van der Waals surface area contributed by atoms with Gasteiger partial charge in [-0.3, -0.25) is 9.59 Å². The topological polar surface area (TPSA) is 58.6 Å². The number of amides is 2. The van der Waals surface area contributed by atoms with Gasteiger partial charge in [-0.2, -0.15) is 0 Å². The van der Waals surface area contributed by atoms with Gasteiger partial charge >= 0.3 is 0 Å². The van der Waals surface area contributed by atoms with E-state index in [0.717, 1.165) is 20.5 Å². The van der Waals surface area contributed by atoms with Crippen molar-refractivity contribution in [2.24, 2.45) is 5.92 Å². The minimum Gasteiger partial charge on any atom is -0.495 e. The number of hydrogen-bond donors (Lipinski definition) is 1. The van der Waals surface area contributed by atoms with E-state index < -0.39 is 0 Å². The number of aryl methyl sites for hydroxylation is 1. The number of hydrogen-bond acceptors (Lipinski definition) is 3. The van der Waals surface area contributed by atoms with E-state index in [1.165, 1.54) is 0 Å². The second-order valence-corrected chi connectivity index (χ2v) is 7.21. The van der Waals surface area contributed by atoms with Gasteiger partial charge in [-0.1, -0.05) is 18.2 Å². The molecule has 2 aromatic carbocycles. The fourth-order valence-corrected chi connectivity index (χ4v) is 3.45. The lowest BCUT2D eigenvalue weighted by atomic mass is 10.1. The van der Waals surface area contributed by atoms with Crippen LogP contribution in [0.3, 0.4) is 0 Å². The minimum absolute atomic E-state index is 0.0631. The van der Waals surface area contributed by atoms with Crippen LogP contribution in [0.4, 0.5) is 11.4 Å². The van der Waals surface area contributed by atoms with Crippen molar-refractivity contribution < 1.29 is 14.3 Å². The lowest BCUT2D eigenvalue weighted by Gasteiger charge is -2.20. The van der Waals surface area contributed by atoms with Crippen LogP contribution in [0, 0.1) is 16.4 Å². The third kappa shape index (κ3) is 3.78. The molecule has 3 rings (SSSR count). The fourth-order valence-electron chi connectivity index (χ4n) is 2.92. The number of halogens is 1. The van der Waals surface area contributed by atoms with E-state index in [1.54, 1.807) is 12.0 Å². The van der Waals surface area contributed by atoms with Crippen molar-refractivity contribution in [2.75, 3.05) is 23.9 Å². The van der Waals surface area contributed by atoms with Gasteiger partial charge in [-0.05, 0) is 59.3 Å². The predicted octanol–water partition coefficient (Wildman–Crippen LogP) is 3.60.